The van der Waals surface area contributed by atoms with E-state index in [1.807, 2.05) is 17.8 Å². The number of aliphatic hydroxyl groups excluding tert-OH is 1. The van der Waals surface area contributed by atoms with Crippen molar-refractivity contribution in [1.82, 2.24) is 4.90 Å². The molecule has 1 saturated heterocycles. The van der Waals surface area contributed by atoms with Gasteiger partial charge in [-0.2, -0.15) is 0 Å². The van der Waals surface area contributed by atoms with Crippen molar-refractivity contribution in [2.45, 2.75) is 55.8 Å². The number of thioether (sulfide) groups is 1. The summed E-state index contributed by atoms with van der Waals surface area (Å²) in [5.41, 5.74) is 3.38. The summed E-state index contributed by atoms with van der Waals surface area (Å²) in [6, 6.07) is 14.6. The second-order valence-corrected chi connectivity index (χ2v) is 10.1. The lowest BCUT2D eigenvalue weighted by molar-refractivity contribution is 0.0487. The summed E-state index contributed by atoms with van der Waals surface area (Å²) in [4.78, 5) is 5.94. The summed E-state index contributed by atoms with van der Waals surface area (Å²) in [5.74, 6) is 2.29. The van der Waals surface area contributed by atoms with Crippen molar-refractivity contribution in [2.24, 2.45) is 0 Å². The van der Waals surface area contributed by atoms with Gasteiger partial charge in [0, 0.05) is 10.6 Å². The molecule has 0 spiro atoms. The fourth-order valence-electron chi connectivity index (χ4n) is 5.03. The van der Waals surface area contributed by atoms with Gasteiger partial charge in [-0.25, -0.2) is 0 Å². The fourth-order valence-corrected chi connectivity index (χ4v) is 6.21. The number of methoxy groups -OCH3 is 2. The first kappa shape index (κ1) is 24.0. The van der Waals surface area contributed by atoms with Gasteiger partial charge in [0.2, 0.25) is 0 Å². The second-order valence-electron chi connectivity index (χ2n) is 9.04. The van der Waals surface area contributed by atoms with Gasteiger partial charge in [-0.3, -0.25) is 4.90 Å². The largest absolute Gasteiger partial charge is 0.493 e. The van der Waals surface area contributed by atoms with Crippen molar-refractivity contribution in [3.05, 3.63) is 60.2 Å². The summed E-state index contributed by atoms with van der Waals surface area (Å²) in [6.07, 6.45) is 3.59. The van der Waals surface area contributed by atoms with Crippen LogP contribution in [0.15, 0.2) is 59.5 Å². The summed E-state index contributed by atoms with van der Waals surface area (Å²) in [6.45, 7) is 8.28. The fraction of sp³-hybridized carbons (Fsp3) is 0.481. The maximum absolute atomic E-state index is 12.0. The van der Waals surface area contributed by atoms with E-state index in [0.29, 0.717) is 11.5 Å². The van der Waals surface area contributed by atoms with Crippen molar-refractivity contribution in [1.29, 1.82) is 0 Å². The van der Waals surface area contributed by atoms with Crippen molar-refractivity contribution >= 4 is 17.4 Å². The predicted octanol–water partition coefficient (Wildman–Crippen LogP) is 5.50. The predicted molar refractivity (Wildman–Crippen MR) is 137 cm³/mol. The van der Waals surface area contributed by atoms with E-state index in [4.69, 9.17) is 9.47 Å². The standard InChI is InChI=1S/C27H36N2O3S/c1-19(2)11-13-22(28-15-7-8-16-28)27(30)29-21-9-5-6-10-26(21)33-18-23(29)20-12-14-24(31-3)25(17-20)32-4/h5-6,9-10,12,14,17,22-23,27,30H,1,7-8,11,13,15-16,18H2,2-4H3. The number of fused-ring (bicyclic) bond motifs is 1. The average molecular weight is 469 g/mol. The lowest BCUT2D eigenvalue weighted by atomic mass is 9.99. The Balaban J connectivity index is 1.73. The van der Waals surface area contributed by atoms with Gasteiger partial charge in [-0.1, -0.05) is 23.8 Å². The SMILES string of the molecule is C=C(C)CCC(C(O)N1c2ccccc2SCC1c1ccc(OC)c(OC)c1)N1CCCC1. The minimum absolute atomic E-state index is 0.0228. The van der Waals surface area contributed by atoms with Crippen LogP contribution in [0.3, 0.4) is 0 Å². The number of para-hydroxylation sites is 1. The molecule has 2 aromatic carbocycles. The van der Waals surface area contributed by atoms with Crippen molar-refractivity contribution in [3.63, 3.8) is 0 Å². The number of likely N-dealkylation sites (tertiary alicyclic amines) is 1. The molecule has 6 heteroatoms. The number of anilines is 1. The quantitative estimate of drug-likeness (QED) is 0.491. The van der Waals surface area contributed by atoms with Crippen LogP contribution in [0.25, 0.3) is 0 Å². The van der Waals surface area contributed by atoms with Crippen LogP contribution in [0.5, 0.6) is 11.5 Å². The Morgan fingerprint density at radius 1 is 1.12 bits per heavy atom. The average Bonchev–Trinajstić information content (AvgIpc) is 3.37. The number of benzene rings is 2. The Kier molecular flexibility index (Phi) is 7.89. The van der Waals surface area contributed by atoms with Gasteiger partial charge in [-0.05, 0) is 75.5 Å². The first-order chi connectivity index (χ1) is 16.0. The molecule has 5 nitrogen and oxygen atoms in total. The molecule has 0 saturated carbocycles. The first-order valence-electron chi connectivity index (χ1n) is 11.8. The zero-order valence-corrected chi connectivity index (χ0v) is 20.8. The number of ether oxygens (including phenoxy) is 2. The highest BCUT2D eigenvalue weighted by Crippen LogP contribution is 2.46. The molecular formula is C27H36N2O3S. The van der Waals surface area contributed by atoms with Gasteiger partial charge < -0.3 is 19.5 Å². The van der Waals surface area contributed by atoms with Crippen LogP contribution < -0.4 is 14.4 Å². The maximum Gasteiger partial charge on any atom is 0.161 e. The number of aliphatic hydroxyl groups is 1. The molecule has 0 radical (unpaired) electrons. The molecule has 4 rings (SSSR count). The third-order valence-electron chi connectivity index (χ3n) is 6.77. The van der Waals surface area contributed by atoms with E-state index >= 15 is 0 Å². The van der Waals surface area contributed by atoms with Crippen LogP contribution in [-0.2, 0) is 0 Å². The van der Waals surface area contributed by atoms with Gasteiger partial charge in [0.25, 0.3) is 0 Å². The highest BCUT2D eigenvalue weighted by atomic mass is 32.2. The topological polar surface area (TPSA) is 45.2 Å². The van der Waals surface area contributed by atoms with Gasteiger partial charge in [0.1, 0.15) is 6.23 Å². The van der Waals surface area contributed by atoms with Crippen LogP contribution in [0, 0.1) is 0 Å². The summed E-state index contributed by atoms with van der Waals surface area (Å²) >= 11 is 1.85. The zero-order chi connectivity index (χ0) is 23.4. The normalized spacial score (nSPS) is 20.2. The third-order valence-corrected chi connectivity index (χ3v) is 7.91. The Morgan fingerprint density at radius 3 is 2.55 bits per heavy atom. The first-order valence-corrected chi connectivity index (χ1v) is 12.8. The van der Waals surface area contributed by atoms with Crippen molar-refractivity contribution < 1.29 is 14.6 Å². The van der Waals surface area contributed by atoms with E-state index in [2.05, 4.69) is 59.7 Å². The minimum atomic E-state index is -0.623. The van der Waals surface area contributed by atoms with E-state index in [1.165, 1.54) is 17.7 Å². The molecule has 2 heterocycles. The molecule has 178 valence electrons. The molecular weight excluding hydrogens is 432 g/mol. The minimum Gasteiger partial charge on any atom is -0.493 e. The van der Waals surface area contributed by atoms with Gasteiger partial charge >= 0.3 is 0 Å². The third kappa shape index (κ3) is 5.18. The highest BCUT2D eigenvalue weighted by molar-refractivity contribution is 7.99. The molecule has 0 amide bonds. The van der Waals surface area contributed by atoms with Gasteiger partial charge in [0.05, 0.1) is 32.0 Å². The Bertz CT molecular complexity index is 960. The number of allylic oxidation sites excluding steroid dienone is 1. The molecule has 2 aliphatic heterocycles. The molecule has 2 aliphatic rings. The lowest BCUT2D eigenvalue weighted by Gasteiger charge is -2.46. The molecule has 33 heavy (non-hydrogen) atoms. The van der Waals surface area contributed by atoms with Crippen LogP contribution in [-0.4, -0.2) is 55.3 Å². The summed E-state index contributed by atoms with van der Waals surface area (Å²) in [7, 11) is 3.32. The van der Waals surface area contributed by atoms with Crippen LogP contribution in [0.4, 0.5) is 5.69 Å². The van der Waals surface area contributed by atoms with Crippen molar-refractivity contribution in [2.75, 3.05) is 38.0 Å². The summed E-state index contributed by atoms with van der Waals surface area (Å²) < 4.78 is 11.1. The smallest absolute Gasteiger partial charge is 0.161 e. The molecule has 2 aromatic rings. The van der Waals surface area contributed by atoms with Crippen LogP contribution in [0.2, 0.25) is 0 Å². The molecule has 3 unspecified atom stereocenters. The Morgan fingerprint density at radius 2 is 1.85 bits per heavy atom. The van der Waals surface area contributed by atoms with Crippen LogP contribution >= 0.6 is 11.8 Å². The van der Waals surface area contributed by atoms with E-state index < -0.39 is 6.23 Å². The maximum atomic E-state index is 12.0. The number of hydrogen-bond acceptors (Lipinski definition) is 6. The summed E-state index contributed by atoms with van der Waals surface area (Å²) in [5, 5.41) is 12.0. The number of hydrogen-bond donors (Lipinski definition) is 1. The van der Waals surface area contributed by atoms with Crippen molar-refractivity contribution in [3.8, 4) is 11.5 Å². The van der Waals surface area contributed by atoms with Gasteiger partial charge in [0.15, 0.2) is 11.5 Å². The monoisotopic (exact) mass is 468 g/mol. The van der Waals surface area contributed by atoms with E-state index in [1.54, 1.807) is 14.2 Å². The Hall–Kier alpha value is -2.15. The molecule has 3 atom stereocenters. The van der Waals surface area contributed by atoms with E-state index in [-0.39, 0.29) is 12.1 Å². The molecule has 1 N–H and O–H groups in total. The van der Waals surface area contributed by atoms with Crippen LogP contribution in [0.1, 0.15) is 44.2 Å². The Labute approximate surface area is 202 Å². The molecule has 0 aromatic heterocycles. The lowest BCUT2D eigenvalue weighted by Crippen LogP contribution is -2.53. The number of nitrogens with zero attached hydrogens (tertiary/aromatic N) is 2. The van der Waals surface area contributed by atoms with Gasteiger partial charge in [-0.15, -0.1) is 18.3 Å². The molecule has 1 fully saturated rings. The molecule has 0 bridgehead atoms. The second kappa shape index (κ2) is 10.9. The van der Waals surface area contributed by atoms with E-state index in [9.17, 15) is 5.11 Å². The molecule has 0 aliphatic carbocycles. The number of rotatable bonds is 9. The highest BCUT2D eigenvalue weighted by Gasteiger charge is 2.38. The zero-order valence-electron chi connectivity index (χ0n) is 20.0. The van der Waals surface area contributed by atoms with E-state index in [0.717, 1.165) is 48.5 Å².